The summed E-state index contributed by atoms with van der Waals surface area (Å²) < 4.78 is 37.0. The zero-order chi connectivity index (χ0) is 15.7. The summed E-state index contributed by atoms with van der Waals surface area (Å²) in [7, 11) is -1.85. The Morgan fingerprint density at radius 2 is 2.14 bits per heavy atom. The molecule has 0 N–H and O–H groups in total. The van der Waals surface area contributed by atoms with Crippen LogP contribution in [-0.2, 0) is 17.1 Å². The molecule has 2 aromatic heterocycles. The maximum Gasteiger partial charge on any atom is 0.294 e. The molecule has 5 nitrogen and oxygen atoms in total. The fourth-order valence-electron chi connectivity index (χ4n) is 2.02. The molecule has 0 saturated heterocycles. The predicted molar refractivity (Wildman–Crippen MR) is 89.0 cm³/mol. The number of sulfonamides is 1. The van der Waals surface area contributed by atoms with E-state index in [1.165, 1.54) is 11.3 Å². The molecule has 0 atom stereocenters. The molecule has 1 aromatic carbocycles. The molecule has 0 radical (unpaired) electrons. The van der Waals surface area contributed by atoms with E-state index in [0.717, 1.165) is 27.3 Å². The molecule has 0 bridgehead atoms. The van der Waals surface area contributed by atoms with Crippen LogP contribution in [0.1, 0.15) is 6.92 Å². The largest absolute Gasteiger partial charge is 0.494 e. The average Bonchev–Trinajstić information content (AvgIpc) is 3.09. The Morgan fingerprint density at radius 3 is 2.82 bits per heavy atom. The SMILES string of the molecule is CCOc1ccc2c(c1)sc(=NS(=O)(=O)c1cccs1)n2C. The topological polar surface area (TPSA) is 60.7 Å². The summed E-state index contributed by atoms with van der Waals surface area (Å²) in [6.45, 7) is 2.51. The quantitative estimate of drug-likeness (QED) is 0.724. The summed E-state index contributed by atoms with van der Waals surface area (Å²) in [4.78, 5) is 0.442. The van der Waals surface area contributed by atoms with Crippen LogP contribution in [0.15, 0.2) is 44.3 Å². The van der Waals surface area contributed by atoms with E-state index in [4.69, 9.17) is 4.74 Å². The molecule has 2 heterocycles. The summed E-state index contributed by atoms with van der Waals surface area (Å²) >= 11 is 2.49. The first-order chi connectivity index (χ1) is 10.5. The van der Waals surface area contributed by atoms with Crippen LogP contribution in [0, 0.1) is 0 Å². The van der Waals surface area contributed by atoms with Crippen molar-refractivity contribution < 1.29 is 13.2 Å². The molecule has 0 aliphatic heterocycles. The van der Waals surface area contributed by atoms with Crippen LogP contribution in [0.25, 0.3) is 10.2 Å². The van der Waals surface area contributed by atoms with Gasteiger partial charge in [0.05, 0.1) is 16.8 Å². The molecule has 116 valence electrons. The molecular weight excluding hydrogens is 340 g/mol. The van der Waals surface area contributed by atoms with Crippen LogP contribution >= 0.6 is 22.7 Å². The van der Waals surface area contributed by atoms with Gasteiger partial charge in [-0.25, -0.2) is 0 Å². The van der Waals surface area contributed by atoms with Crippen molar-refractivity contribution in [1.82, 2.24) is 4.57 Å². The van der Waals surface area contributed by atoms with Crippen molar-refractivity contribution in [3.63, 3.8) is 0 Å². The lowest BCUT2D eigenvalue weighted by atomic mass is 10.3. The van der Waals surface area contributed by atoms with Crippen molar-refractivity contribution in [1.29, 1.82) is 0 Å². The highest BCUT2D eigenvalue weighted by molar-refractivity contribution is 7.92. The number of hydrogen-bond acceptors (Lipinski definition) is 5. The number of thiophene rings is 1. The summed E-state index contributed by atoms with van der Waals surface area (Å²) in [5, 5.41) is 1.72. The molecule has 3 aromatic rings. The lowest BCUT2D eigenvalue weighted by molar-refractivity contribution is 0.341. The minimum atomic E-state index is -3.66. The first-order valence-electron chi connectivity index (χ1n) is 6.58. The lowest BCUT2D eigenvalue weighted by Gasteiger charge is -2.02. The number of fused-ring (bicyclic) bond motifs is 1. The number of benzene rings is 1. The van der Waals surface area contributed by atoms with Crippen molar-refractivity contribution in [3.8, 4) is 5.75 Å². The zero-order valence-corrected chi connectivity index (χ0v) is 14.5. The Balaban J connectivity index is 2.15. The van der Waals surface area contributed by atoms with Gasteiger partial charge in [0, 0.05) is 7.05 Å². The van der Waals surface area contributed by atoms with Gasteiger partial charge in [0.25, 0.3) is 10.0 Å². The zero-order valence-electron chi connectivity index (χ0n) is 12.0. The van der Waals surface area contributed by atoms with Gasteiger partial charge in [0.15, 0.2) is 0 Å². The van der Waals surface area contributed by atoms with Crippen LogP contribution in [-0.4, -0.2) is 19.6 Å². The number of rotatable bonds is 4. The van der Waals surface area contributed by atoms with Crippen molar-refractivity contribution in [2.24, 2.45) is 11.4 Å². The van der Waals surface area contributed by atoms with Gasteiger partial charge < -0.3 is 9.30 Å². The van der Waals surface area contributed by atoms with Crippen LogP contribution in [0.4, 0.5) is 0 Å². The number of nitrogens with zero attached hydrogens (tertiary/aromatic N) is 2. The van der Waals surface area contributed by atoms with Gasteiger partial charge in [0.1, 0.15) is 9.96 Å². The highest BCUT2D eigenvalue weighted by Gasteiger charge is 2.15. The van der Waals surface area contributed by atoms with Gasteiger partial charge in [-0.1, -0.05) is 17.4 Å². The third-order valence-electron chi connectivity index (χ3n) is 3.04. The van der Waals surface area contributed by atoms with Crippen molar-refractivity contribution in [3.05, 3.63) is 40.5 Å². The molecule has 0 amide bonds. The maximum absolute atomic E-state index is 12.3. The first kappa shape index (κ1) is 15.3. The lowest BCUT2D eigenvalue weighted by Crippen LogP contribution is -2.13. The highest BCUT2D eigenvalue weighted by atomic mass is 32.2. The standard InChI is InChI=1S/C14H14N2O3S3/c1-3-19-10-6-7-11-12(9-10)21-14(16(11)2)15-22(17,18)13-5-4-8-20-13/h4-9H,3H2,1-2H3. The number of aromatic nitrogens is 1. The minimum absolute atomic E-state index is 0.250. The van der Waals surface area contributed by atoms with E-state index in [1.54, 1.807) is 22.1 Å². The second-order valence-corrected chi connectivity index (χ2v) is 8.29. The highest BCUT2D eigenvalue weighted by Crippen LogP contribution is 2.24. The maximum atomic E-state index is 12.3. The van der Waals surface area contributed by atoms with Crippen LogP contribution < -0.4 is 9.54 Å². The van der Waals surface area contributed by atoms with Gasteiger partial charge in [-0.3, -0.25) is 0 Å². The molecule has 0 aliphatic rings. The van der Waals surface area contributed by atoms with Gasteiger partial charge in [-0.05, 0) is 36.6 Å². The normalized spacial score (nSPS) is 12.9. The van der Waals surface area contributed by atoms with E-state index in [1.807, 2.05) is 32.2 Å². The Bertz CT molecular complexity index is 967. The Kier molecular flexibility index (Phi) is 4.07. The monoisotopic (exact) mass is 354 g/mol. The molecule has 0 fully saturated rings. The third kappa shape index (κ3) is 2.81. The van der Waals surface area contributed by atoms with Gasteiger partial charge in [-0.2, -0.15) is 8.42 Å². The van der Waals surface area contributed by atoms with E-state index in [2.05, 4.69) is 4.40 Å². The predicted octanol–water partition coefficient (Wildman–Crippen LogP) is 2.99. The smallest absolute Gasteiger partial charge is 0.294 e. The molecule has 22 heavy (non-hydrogen) atoms. The molecule has 3 rings (SSSR count). The van der Waals surface area contributed by atoms with Gasteiger partial charge >= 0.3 is 0 Å². The summed E-state index contributed by atoms with van der Waals surface area (Å²) in [5.74, 6) is 0.768. The van der Waals surface area contributed by atoms with E-state index in [-0.39, 0.29) is 4.21 Å². The molecule has 0 spiro atoms. The van der Waals surface area contributed by atoms with Crippen LogP contribution in [0.2, 0.25) is 0 Å². The van der Waals surface area contributed by atoms with Gasteiger partial charge in [-0.15, -0.1) is 15.7 Å². The first-order valence-corrected chi connectivity index (χ1v) is 9.72. The molecule has 8 heteroatoms. The second-order valence-electron chi connectivity index (χ2n) is 4.50. The number of ether oxygens (including phenoxy) is 1. The number of thiazole rings is 1. The van der Waals surface area contributed by atoms with Crippen LogP contribution in [0.3, 0.4) is 0 Å². The molecule has 0 aliphatic carbocycles. The summed E-state index contributed by atoms with van der Waals surface area (Å²) in [6.07, 6.45) is 0. The minimum Gasteiger partial charge on any atom is -0.494 e. The van der Waals surface area contributed by atoms with Crippen molar-refractivity contribution in [2.45, 2.75) is 11.1 Å². The molecule has 0 saturated carbocycles. The Hall–Kier alpha value is -1.64. The molecule has 0 unspecified atom stereocenters. The second kappa shape index (κ2) is 5.86. The summed E-state index contributed by atoms with van der Waals surface area (Å²) in [6, 6.07) is 8.94. The van der Waals surface area contributed by atoms with E-state index < -0.39 is 10.0 Å². The average molecular weight is 354 g/mol. The van der Waals surface area contributed by atoms with E-state index in [0.29, 0.717) is 11.4 Å². The van der Waals surface area contributed by atoms with E-state index >= 15 is 0 Å². The third-order valence-corrected chi connectivity index (χ3v) is 6.89. The van der Waals surface area contributed by atoms with E-state index in [9.17, 15) is 8.42 Å². The fraction of sp³-hybridized carbons (Fsp3) is 0.214. The molecular formula is C14H14N2O3S3. The van der Waals surface area contributed by atoms with Crippen molar-refractivity contribution >= 4 is 42.9 Å². The number of aryl methyl sites for hydroxylation is 1. The Morgan fingerprint density at radius 1 is 1.32 bits per heavy atom. The Labute approximate surface area is 136 Å². The van der Waals surface area contributed by atoms with Gasteiger partial charge in [0.2, 0.25) is 4.80 Å². The number of hydrogen-bond donors (Lipinski definition) is 0. The summed E-state index contributed by atoms with van der Waals surface area (Å²) in [5.41, 5.74) is 0.925. The fourth-order valence-corrected chi connectivity index (χ4v) is 5.26. The van der Waals surface area contributed by atoms with Crippen LogP contribution in [0.5, 0.6) is 5.75 Å². The van der Waals surface area contributed by atoms with Crippen molar-refractivity contribution in [2.75, 3.05) is 6.61 Å².